The lowest BCUT2D eigenvalue weighted by molar-refractivity contribution is -0.384. The molecule has 7 nitrogen and oxygen atoms in total. The van der Waals surface area contributed by atoms with E-state index in [0.29, 0.717) is 6.07 Å². The van der Waals surface area contributed by atoms with Crippen molar-refractivity contribution in [1.29, 1.82) is 0 Å². The van der Waals surface area contributed by atoms with Crippen LogP contribution in [0, 0.1) is 21.7 Å². The van der Waals surface area contributed by atoms with Crippen LogP contribution in [0.25, 0.3) is 0 Å². The second-order valence-electron chi connectivity index (χ2n) is 4.32. The topological polar surface area (TPSA) is 105 Å². The molecule has 118 valence electrons. The summed E-state index contributed by atoms with van der Waals surface area (Å²) in [5.74, 6) is -3.04. The van der Waals surface area contributed by atoms with E-state index in [-0.39, 0.29) is 17.0 Å². The predicted molar refractivity (Wildman–Crippen MR) is 76.2 cm³/mol. The monoisotopic (exact) mass is 321 g/mol. The normalized spacial score (nSPS) is 10.7. The van der Waals surface area contributed by atoms with E-state index in [1.165, 1.54) is 0 Å². The van der Waals surface area contributed by atoms with Gasteiger partial charge >= 0.3 is 0 Å². The number of phenols is 1. The van der Waals surface area contributed by atoms with Crippen LogP contribution in [-0.4, -0.2) is 22.2 Å². The number of phenolic OH excluding ortho intramolecular Hbond substituents is 1. The highest BCUT2D eigenvalue weighted by Crippen LogP contribution is 2.21. The molecule has 2 rings (SSSR count). The van der Waals surface area contributed by atoms with Crippen LogP contribution in [0.3, 0.4) is 0 Å². The number of hydrogen-bond acceptors (Lipinski definition) is 5. The van der Waals surface area contributed by atoms with Crippen molar-refractivity contribution in [2.75, 3.05) is 0 Å². The number of nitro groups is 1. The van der Waals surface area contributed by atoms with Gasteiger partial charge in [0.2, 0.25) is 0 Å². The summed E-state index contributed by atoms with van der Waals surface area (Å²) in [7, 11) is 0. The molecular formula is C14H9F2N3O4. The first-order chi connectivity index (χ1) is 10.9. The van der Waals surface area contributed by atoms with Gasteiger partial charge in [-0.05, 0) is 24.3 Å². The number of rotatable bonds is 4. The van der Waals surface area contributed by atoms with Crippen LogP contribution in [0.2, 0.25) is 0 Å². The van der Waals surface area contributed by atoms with Gasteiger partial charge in [-0.25, -0.2) is 14.2 Å². The van der Waals surface area contributed by atoms with Crippen LogP contribution in [-0.2, 0) is 0 Å². The molecule has 2 N–H and O–H groups in total. The molecular weight excluding hydrogens is 312 g/mol. The highest BCUT2D eigenvalue weighted by Gasteiger charge is 2.12. The lowest BCUT2D eigenvalue weighted by Gasteiger charge is -2.02. The molecule has 9 heteroatoms. The van der Waals surface area contributed by atoms with Gasteiger partial charge in [0.05, 0.1) is 16.7 Å². The van der Waals surface area contributed by atoms with Crippen LogP contribution in [0.5, 0.6) is 5.75 Å². The zero-order valence-electron chi connectivity index (χ0n) is 11.4. The molecule has 0 saturated heterocycles. The van der Waals surface area contributed by atoms with Gasteiger partial charge in [0.1, 0.15) is 17.4 Å². The molecule has 0 aliphatic carbocycles. The highest BCUT2D eigenvalue weighted by molar-refractivity contribution is 5.95. The minimum Gasteiger partial charge on any atom is -0.507 e. The van der Waals surface area contributed by atoms with Crippen molar-refractivity contribution in [3.8, 4) is 5.75 Å². The van der Waals surface area contributed by atoms with E-state index >= 15 is 0 Å². The smallest absolute Gasteiger partial charge is 0.274 e. The van der Waals surface area contributed by atoms with Crippen molar-refractivity contribution in [3.63, 3.8) is 0 Å². The Balaban J connectivity index is 2.15. The zero-order valence-corrected chi connectivity index (χ0v) is 11.4. The molecule has 0 fully saturated rings. The molecule has 0 unspecified atom stereocenters. The van der Waals surface area contributed by atoms with Crippen molar-refractivity contribution in [2.45, 2.75) is 0 Å². The number of nitrogens with one attached hydrogen (secondary N) is 1. The number of carbonyl (C=O) groups is 1. The SMILES string of the molecule is O=C(N/N=C\c1cc([N+](=O)[O-])ccc1O)c1cc(F)ccc1F. The van der Waals surface area contributed by atoms with Gasteiger partial charge in [-0.2, -0.15) is 5.10 Å². The summed E-state index contributed by atoms with van der Waals surface area (Å²) in [4.78, 5) is 21.6. The first kappa shape index (κ1) is 16.0. The molecule has 0 atom stereocenters. The van der Waals surface area contributed by atoms with E-state index in [4.69, 9.17) is 0 Å². The maximum Gasteiger partial charge on any atom is 0.274 e. The van der Waals surface area contributed by atoms with E-state index in [2.05, 4.69) is 5.10 Å². The zero-order chi connectivity index (χ0) is 17.0. The lowest BCUT2D eigenvalue weighted by Crippen LogP contribution is -2.19. The number of nitrogens with zero attached hydrogens (tertiary/aromatic N) is 2. The van der Waals surface area contributed by atoms with Gasteiger partial charge in [-0.1, -0.05) is 0 Å². The van der Waals surface area contributed by atoms with Gasteiger partial charge in [0.15, 0.2) is 0 Å². The van der Waals surface area contributed by atoms with Crippen molar-refractivity contribution in [3.05, 3.63) is 69.3 Å². The predicted octanol–water partition coefficient (Wildman–Crippen LogP) is 2.34. The average molecular weight is 321 g/mol. The fourth-order valence-corrected chi connectivity index (χ4v) is 1.65. The summed E-state index contributed by atoms with van der Waals surface area (Å²) in [5.41, 5.74) is 1.07. The third kappa shape index (κ3) is 3.84. The summed E-state index contributed by atoms with van der Waals surface area (Å²) in [6, 6.07) is 5.57. The van der Waals surface area contributed by atoms with Crippen LogP contribution in [0.15, 0.2) is 41.5 Å². The number of amides is 1. The van der Waals surface area contributed by atoms with Crippen LogP contribution in [0.1, 0.15) is 15.9 Å². The number of nitro benzene ring substituents is 1. The van der Waals surface area contributed by atoms with Crippen molar-refractivity contribution in [2.24, 2.45) is 5.10 Å². The van der Waals surface area contributed by atoms with Gasteiger partial charge < -0.3 is 5.11 Å². The van der Waals surface area contributed by atoms with E-state index < -0.39 is 28.0 Å². The number of hydrazone groups is 1. The Morgan fingerprint density at radius 3 is 2.70 bits per heavy atom. The molecule has 0 bridgehead atoms. The number of non-ortho nitro benzene ring substituents is 1. The Bertz CT molecular complexity index is 809. The largest absolute Gasteiger partial charge is 0.507 e. The Hall–Kier alpha value is -3.36. The Morgan fingerprint density at radius 2 is 2.00 bits per heavy atom. The number of aromatic hydroxyl groups is 1. The second kappa shape index (κ2) is 6.60. The number of benzene rings is 2. The summed E-state index contributed by atoms with van der Waals surface area (Å²) in [6.07, 6.45) is 0.942. The van der Waals surface area contributed by atoms with Crippen LogP contribution < -0.4 is 5.43 Å². The fourth-order valence-electron chi connectivity index (χ4n) is 1.65. The van der Waals surface area contributed by atoms with E-state index in [0.717, 1.165) is 36.5 Å². The van der Waals surface area contributed by atoms with Gasteiger partial charge in [0, 0.05) is 17.7 Å². The van der Waals surface area contributed by atoms with Crippen molar-refractivity contribution in [1.82, 2.24) is 5.43 Å². The molecule has 2 aromatic rings. The number of hydrogen-bond donors (Lipinski definition) is 2. The van der Waals surface area contributed by atoms with Gasteiger partial charge in [-0.3, -0.25) is 14.9 Å². The highest BCUT2D eigenvalue weighted by atomic mass is 19.1. The molecule has 23 heavy (non-hydrogen) atoms. The molecule has 1 amide bonds. The standard InChI is InChI=1S/C14H9F2N3O4/c15-9-1-3-12(16)11(6-9)14(21)18-17-7-8-5-10(19(22)23)2-4-13(8)20/h1-7,20H,(H,18,21)/b17-7-. The molecule has 0 spiro atoms. The molecule has 0 aliphatic rings. The molecule has 0 aliphatic heterocycles. The summed E-state index contributed by atoms with van der Waals surface area (Å²) >= 11 is 0. The number of halogens is 2. The van der Waals surface area contributed by atoms with E-state index in [1.807, 2.05) is 5.43 Å². The second-order valence-corrected chi connectivity index (χ2v) is 4.32. The third-order valence-electron chi connectivity index (χ3n) is 2.76. The van der Waals surface area contributed by atoms with Gasteiger partial charge in [0.25, 0.3) is 11.6 Å². The Morgan fingerprint density at radius 1 is 1.26 bits per heavy atom. The van der Waals surface area contributed by atoms with E-state index in [1.54, 1.807) is 0 Å². The molecule has 0 heterocycles. The number of carbonyl (C=O) groups excluding carboxylic acids is 1. The summed E-state index contributed by atoms with van der Waals surface area (Å²) in [5, 5.41) is 23.6. The molecule has 0 aromatic heterocycles. The molecule has 0 saturated carbocycles. The fraction of sp³-hybridized carbons (Fsp3) is 0. The first-order valence-electron chi connectivity index (χ1n) is 6.14. The Kier molecular flexibility index (Phi) is 4.60. The third-order valence-corrected chi connectivity index (χ3v) is 2.76. The Labute approximate surface area is 128 Å². The summed E-state index contributed by atoms with van der Waals surface area (Å²) in [6.45, 7) is 0. The quantitative estimate of drug-likeness (QED) is 0.512. The maximum absolute atomic E-state index is 13.4. The maximum atomic E-state index is 13.4. The lowest BCUT2D eigenvalue weighted by atomic mass is 10.2. The van der Waals surface area contributed by atoms with Crippen LogP contribution >= 0.6 is 0 Å². The molecule has 2 aromatic carbocycles. The minimum atomic E-state index is -1.01. The van der Waals surface area contributed by atoms with Crippen molar-refractivity contribution < 1.29 is 23.6 Å². The van der Waals surface area contributed by atoms with Crippen molar-refractivity contribution >= 4 is 17.8 Å². The van der Waals surface area contributed by atoms with Crippen LogP contribution in [0.4, 0.5) is 14.5 Å². The minimum absolute atomic E-state index is 0.0285. The summed E-state index contributed by atoms with van der Waals surface area (Å²) < 4.78 is 26.4. The van der Waals surface area contributed by atoms with E-state index in [9.17, 15) is 28.8 Å². The van der Waals surface area contributed by atoms with Gasteiger partial charge in [-0.15, -0.1) is 0 Å². The first-order valence-corrected chi connectivity index (χ1v) is 6.14. The molecule has 0 radical (unpaired) electrons. The average Bonchev–Trinajstić information content (AvgIpc) is 2.51.